The van der Waals surface area contributed by atoms with E-state index in [2.05, 4.69) is 36.6 Å². The fourth-order valence-corrected chi connectivity index (χ4v) is 3.59. The monoisotopic (exact) mass is 529 g/mol. The Morgan fingerprint density at radius 1 is 1.17 bits per heavy atom. The number of halogens is 1. The summed E-state index contributed by atoms with van der Waals surface area (Å²) in [7, 11) is 0. The molecule has 1 amide bonds. The maximum absolute atomic E-state index is 12.5. The van der Waals surface area contributed by atoms with E-state index in [1.807, 2.05) is 29.3 Å². The van der Waals surface area contributed by atoms with Gasteiger partial charge in [-0.15, -0.1) is 35.3 Å². The first-order valence-electron chi connectivity index (χ1n) is 9.60. The Labute approximate surface area is 192 Å². The second kappa shape index (κ2) is 12.6. The van der Waals surface area contributed by atoms with Crippen molar-refractivity contribution in [3.8, 4) is 0 Å². The van der Waals surface area contributed by atoms with E-state index in [-0.39, 0.29) is 29.9 Å². The van der Waals surface area contributed by atoms with Gasteiger partial charge < -0.3 is 20.4 Å². The van der Waals surface area contributed by atoms with Crippen LogP contribution in [-0.2, 0) is 11.3 Å². The SMILES string of the molecule is CCNC(=NCc1cccs1)NCCC(=O)N1CCN(c2ncccn2)CC1.I. The molecule has 1 saturated heterocycles. The first-order chi connectivity index (χ1) is 13.8. The molecule has 0 radical (unpaired) electrons. The van der Waals surface area contributed by atoms with Crippen molar-refractivity contribution in [3.63, 3.8) is 0 Å². The van der Waals surface area contributed by atoms with Crippen LogP contribution < -0.4 is 15.5 Å². The second-order valence-electron chi connectivity index (χ2n) is 6.37. The van der Waals surface area contributed by atoms with Crippen LogP contribution in [0.15, 0.2) is 41.0 Å². The van der Waals surface area contributed by atoms with Crippen LogP contribution in [0.1, 0.15) is 18.2 Å². The summed E-state index contributed by atoms with van der Waals surface area (Å²) < 4.78 is 0. The van der Waals surface area contributed by atoms with Crippen LogP contribution in [0.2, 0.25) is 0 Å². The maximum atomic E-state index is 12.5. The van der Waals surface area contributed by atoms with Gasteiger partial charge in [-0.1, -0.05) is 6.07 Å². The minimum absolute atomic E-state index is 0. The molecule has 1 aliphatic heterocycles. The van der Waals surface area contributed by atoms with E-state index in [9.17, 15) is 4.79 Å². The lowest BCUT2D eigenvalue weighted by molar-refractivity contribution is -0.131. The molecule has 0 unspecified atom stereocenters. The van der Waals surface area contributed by atoms with Crippen molar-refractivity contribution < 1.29 is 4.79 Å². The predicted octanol–water partition coefficient (Wildman–Crippen LogP) is 1.95. The fraction of sp³-hybridized carbons (Fsp3) is 0.474. The van der Waals surface area contributed by atoms with E-state index in [4.69, 9.17) is 0 Å². The molecule has 0 spiro atoms. The molecule has 0 saturated carbocycles. The molecule has 3 rings (SSSR count). The molecule has 1 fully saturated rings. The zero-order chi connectivity index (χ0) is 19.6. The highest BCUT2D eigenvalue weighted by molar-refractivity contribution is 14.0. The number of aliphatic imine (C=N–C) groups is 1. The van der Waals surface area contributed by atoms with Crippen LogP contribution in [0.5, 0.6) is 0 Å². The molecule has 10 heteroatoms. The van der Waals surface area contributed by atoms with Gasteiger partial charge in [0.2, 0.25) is 11.9 Å². The molecule has 8 nitrogen and oxygen atoms in total. The number of carbonyl (C=O) groups excluding carboxylic acids is 1. The lowest BCUT2D eigenvalue weighted by Crippen LogP contribution is -2.50. The van der Waals surface area contributed by atoms with Crippen molar-refractivity contribution in [2.24, 2.45) is 4.99 Å². The summed E-state index contributed by atoms with van der Waals surface area (Å²) in [5.74, 6) is 1.64. The highest BCUT2D eigenvalue weighted by atomic mass is 127. The van der Waals surface area contributed by atoms with Crippen LogP contribution in [-0.4, -0.2) is 66.0 Å². The summed E-state index contributed by atoms with van der Waals surface area (Å²) in [6, 6.07) is 5.90. The summed E-state index contributed by atoms with van der Waals surface area (Å²) in [6.45, 7) is 6.94. The third-order valence-corrected chi connectivity index (χ3v) is 5.28. The number of carbonyl (C=O) groups is 1. The van der Waals surface area contributed by atoms with E-state index < -0.39 is 0 Å². The number of piperazine rings is 1. The third kappa shape index (κ3) is 7.42. The number of hydrogen-bond donors (Lipinski definition) is 2. The molecule has 3 heterocycles. The molecule has 2 N–H and O–H groups in total. The smallest absolute Gasteiger partial charge is 0.225 e. The lowest BCUT2D eigenvalue weighted by Gasteiger charge is -2.34. The minimum atomic E-state index is 0. The first kappa shape index (κ1) is 23.3. The van der Waals surface area contributed by atoms with Gasteiger partial charge in [-0.2, -0.15) is 0 Å². The number of hydrogen-bond acceptors (Lipinski definition) is 6. The Kier molecular flexibility index (Phi) is 10.1. The molecule has 158 valence electrons. The van der Waals surface area contributed by atoms with Crippen molar-refractivity contribution >= 4 is 53.1 Å². The zero-order valence-electron chi connectivity index (χ0n) is 16.6. The van der Waals surface area contributed by atoms with Gasteiger partial charge >= 0.3 is 0 Å². The minimum Gasteiger partial charge on any atom is -0.357 e. The number of anilines is 1. The van der Waals surface area contributed by atoms with Gasteiger partial charge in [0.1, 0.15) is 0 Å². The molecule has 1 aliphatic rings. The Morgan fingerprint density at radius 3 is 2.59 bits per heavy atom. The van der Waals surface area contributed by atoms with Gasteiger partial charge in [-0.05, 0) is 24.4 Å². The Hall–Kier alpha value is -1.95. The molecular weight excluding hydrogens is 501 g/mol. The Bertz CT molecular complexity index is 749. The van der Waals surface area contributed by atoms with Crippen LogP contribution in [0.4, 0.5) is 5.95 Å². The molecule has 0 atom stereocenters. The zero-order valence-corrected chi connectivity index (χ0v) is 19.7. The van der Waals surface area contributed by atoms with E-state index >= 15 is 0 Å². The largest absolute Gasteiger partial charge is 0.357 e. The molecule has 0 aromatic carbocycles. The van der Waals surface area contributed by atoms with Crippen molar-refractivity contribution in [2.75, 3.05) is 44.2 Å². The van der Waals surface area contributed by atoms with Crippen molar-refractivity contribution in [3.05, 3.63) is 40.8 Å². The number of amides is 1. The van der Waals surface area contributed by atoms with Crippen LogP contribution in [0.3, 0.4) is 0 Å². The number of thiophene rings is 1. The molecule has 0 bridgehead atoms. The normalized spacial score (nSPS) is 14.3. The number of rotatable bonds is 7. The van der Waals surface area contributed by atoms with Gasteiger partial charge in [0.15, 0.2) is 5.96 Å². The molecule has 29 heavy (non-hydrogen) atoms. The van der Waals surface area contributed by atoms with Gasteiger partial charge in [-0.25, -0.2) is 15.0 Å². The summed E-state index contributed by atoms with van der Waals surface area (Å²) in [6.07, 6.45) is 3.94. The van der Waals surface area contributed by atoms with E-state index in [0.717, 1.165) is 31.5 Å². The average molecular weight is 529 g/mol. The molecular formula is C19H28IN7OS. The summed E-state index contributed by atoms with van der Waals surface area (Å²) in [5.41, 5.74) is 0. The quantitative estimate of drug-likeness (QED) is 0.324. The first-order valence-corrected chi connectivity index (χ1v) is 10.5. The Balaban J connectivity index is 0.00000300. The highest BCUT2D eigenvalue weighted by Gasteiger charge is 2.22. The standard InChI is InChI=1S/C19H27N7OS.HI/c1-2-20-18(24-15-16-5-3-14-28-16)21-9-6-17(27)25-10-12-26(13-11-25)19-22-7-4-8-23-19;/h3-5,7-8,14H,2,6,9-13,15H2,1H3,(H2,20,21,24);1H. The van der Waals surface area contributed by atoms with Gasteiger partial charge in [0.05, 0.1) is 6.54 Å². The van der Waals surface area contributed by atoms with Crippen molar-refractivity contribution in [1.29, 1.82) is 0 Å². The summed E-state index contributed by atoms with van der Waals surface area (Å²) in [4.78, 5) is 30.9. The summed E-state index contributed by atoms with van der Waals surface area (Å²) in [5, 5.41) is 8.52. The van der Waals surface area contributed by atoms with E-state index in [0.29, 0.717) is 32.6 Å². The van der Waals surface area contributed by atoms with Crippen molar-refractivity contribution in [1.82, 2.24) is 25.5 Å². The van der Waals surface area contributed by atoms with E-state index in [1.54, 1.807) is 23.7 Å². The molecule has 2 aromatic rings. The van der Waals surface area contributed by atoms with Crippen LogP contribution in [0.25, 0.3) is 0 Å². The lowest BCUT2D eigenvalue weighted by atomic mass is 10.3. The summed E-state index contributed by atoms with van der Waals surface area (Å²) >= 11 is 1.69. The molecule has 2 aromatic heterocycles. The van der Waals surface area contributed by atoms with Gasteiger partial charge in [-0.3, -0.25) is 4.79 Å². The number of nitrogens with one attached hydrogen (secondary N) is 2. The van der Waals surface area contributed by atoms with Crippen molar-refractivity contribution in [2.45, 2.75) is 19.9 Å². The van der Waals surface area contributed by atoms with Gasteiger partial charge in [0, 0.05) is 63.0 Å². The predicted molar refractivity (Wildman–Crippen MR) is 128 cm³/mol. The number of aromatic nitrogens is 2. The Morgan fingerprint density at radius 2 is 1.93 bits per heavy atom. The number of nitrogens with zero attached hydrogens (tertiary/aromatic N) is 5. The maximum Gasteiger partial charge on any atom is 0.225 e. The fourth-order valence-electron chi connectivity index (χ4n) is 2.96. The third-order valence-electron chi connectivity index (χ3n) is 4.42. The average Bonchev–Trinajstić information content (AvgIpc) is 3.26. The van der Waals surface area contributed by atoms with Crippen LogP contribution >= 0.6 is 35.3 Å². The topological polar surface area (TPSA) is 85.8 Å². The van der Waals surface area contributed by atoms with E-state index in [1.165, 1.54) is 4.88 Å². The molecule has 0 aliphatic carbocycles. The second-order valence-corrected chi connectivity index (χ2v) is 7.40. The van der Waals surface area contributed by atoms with Crippen LogP contribution in [0, 0.1) is 0 Å². The van der Waals surface area contributed by atoms with Gasteiger partial charge in [0.25, 0.3) is 0 Å². The highest BCUT2D eigenvalue weighted by Crippen LogP contribution is 2.11. The number of guanidine groups is 1.